The molecule has 0 aliphatic rings. The van der Waals surface area contributed by atoms with E-state index >= 15 is 0 Å². The van der Waals surface area contributed by atoms with Gasteiger partial charge in [0.25, 0.3) is 0 Å². The van der Waals surface area contributed by atoms with Crippen LogP contribution < -0.4 is 10.6 Å². The van der Waals surface area contributed by atoms with Crippen LogP contribution in [0.2, 0.25) is 0 Å². The third kappa shape index (κ3) is 4.36. The highest BCUT2D eigenvalue weighted by molar-refractivity contribution is 6.02. The van der Waals surface area contributed by atoms with Gasteiger partial charge in [0.2, 0.25) is 0 Å². The molecule has 0 radical (unpaired) electrons. The fourth-order valence-electron chi connectivity index (χ4n) is 2.79. The van der Waals surface area contributed by atoms with E-state index in [1.807, 2.05) is 19.1 Å². The maximum absolute atomic E-state index is 12.3. The molecule has 2 amide bonds. The number of rotatable bonds is 4. The van der Waals surface area contributed by atoms with Gasteiger partial charge < -0.3 is 20.5 Å². The van der Waals surface area contributed by atoms with Crippen molar-refractivity contribution in [1.82, 2.24) is 0 Å². The number of phenolic OH excluding ortho intramolecular Hbond substituents is 1. The number of aryl methyl sites for hydroxylation is 1. The van der Waals surface area contributed by atoms with E-state index in [4.69, 9.17) is 4.74 Å². The molecule has 0 saturated carbocycles. The van der Waals surface area contributed by atoms with Gasteiger partial charge in [-0.05, 0) is 61.2 Å². The van der Waals surface area contributed by atoms with Crippen LogP contribution in [0.1, 0.15) is 22.8 Å². The Morgan fingerprint density at radius 1 is 1.00 bits per heavy atom. The number of hydrogen-bond acceptors (Lipinski definition) is 4. The summed E-state index contributed by atoms with van der Waals surface area (Å²) in [5.41, 5.74) is 2.33. The Kier molecular flexibility index (Phi) is 5.26. The van der Waals surface area contributed by atoms with Crippen molar-refractivity contribution < 1.29 is 19.4 Å². The van der Waals surface area contributed by atoms with Crippen molar-refractivity contribution in [2.24, 2.45) is 0 Å². The number of phenols is 1. The molecule has 0 saturated heterocycles. The summed E-state index contributed by atoms with van der Waals surface area (Å²) in [6.07, 6.45) is 0. The summed E-state index contributed by atoms with van der Waals surface area (Å²) < 4.78 is 4.95. The first-order valence-corrected chi connectivity index (χ1v) is 8.55. The fourth-order valence-corrected chi connectivity index (χ4v) is 2.79. The minimum absolute atomic E-state index is 0.163. The SMILES string of the molecule is CCOC(=O)c1cccc(NC(=O)Nc2ccc3cc(C)cc(O)c3c2)c1. The average Bonchev–Trinajstić information content (AvgIpc) is 2.62. The van der Waals surface area contributed by atoms with Crippen molar-refractivity contribution in [1.29, 1.82) is 0 Å². The van der Waals surface area contributed by atoms with Gasteiger partial charge in [0.1, 0.15) is 5.75 Å². The first-order valence-electron chi connectivity index (χ1n) is 8.55. The van der Waals surface area contributed by atoms with E-state index in [9.17, 15) is 14.7 Å². The minimum Gasteiger partial charge on any atom is -0.507 e. The summed E-state index contributed by atoms with van der Waals surface area (Å²) in [6.45, 7) is 3.92. The molecular weight excluding hydrogens is 344 g/mol. The smallest absolute Gasteiger partial charge is 0.338 e. The van der Waals surface area contributed by atoms with Gasteiger partial charge in [-0.25, -0.2) is 9.59 Å². The van der Waals surface area contributed by atoms with E-state index < -0.39 is 12.0 Å². The van der Waals surface area contributed by atoms with E-state index in [-0.39, 0.29) is 12.4 Å². The molecule has 0 spiro atoms. The molecule has 3 aromatic rings. The molecule has 0 atom stereocenters. The summed E-state index contributed by atoms with van der Waals surface area (Å²) in [5.74, 6) is -0.280. The van der Waals surface area contributed by atoms with E-state index in [0.717, 1.165) is 10.9 Å². The molecule has 0 unspecified atom stereocenters. The van der Waals surface area contributed by atoms with Crippen LogP contribution in [0.15, 0.2) is 54.6 Å². The molecule has 138 valence electrons. The number of fused-ring (bicyclic) bond motifs is 1. The zero-order chi connectivity index (χ0) is 19.4. The van der Waals surface area contributed by atoms with Crippen molar-refractivity contribution in [3.05, 3.63) is 65.7 Å². The molecule has 0 aromatic heterocycles. The number of esters is 1. The third-order valence-electron chi connectivity index (χ3n) is 3.97. The normalized spacial score (nSPS) is 10.4. The Labute approximate surface area is 156 Å². The summed E-state index contributed by atoms with van der Waals surface area (Å²) in [6, 6.07) is 15.0. The Hall–Kier alpha value is -3.54. The Bertz CT molecular complexity index is 1010. The first-order chi connectivity index (χ1) is 13.0. The van der Waals surface area contributed by atoms with Gasteiger partial charge in [-0.2, -0.15) is 0 Å². The molecule has 3 rings (SSSR count). The molecule has 3 N–H and O–H groups in total. The second-order valence-electron chi connectivity index (χ2n) is 6.10. The van der Waals surface area contributed by atoms with Gasteiger partial charge >= 0.3 is 12.0 Å². The highest BCUT2D eigenvalue weighted by Gasteiger charge is 2.09. The van der Waals surface area contributed by atoms with Crippen molar-refractivity contribution in [2.45, 2.75) is 13.8 Å². The summed E-state index contributed by atoms with van der Waals surface area (Å²) in [5, 5.41) is 17.0. The number of benzene rings is 3. The molecule has 0 aliphatic heterocycles. The largest absolute Gasteiger partial charge is 0.507 e. The molecule has 0 fully saturated rings. The lowest BCUT2D eigenvalue weighted by Gasteiger charge is -2.10. The maximum atomic E-state index is 12.3. The molecular formula is C21H20N2O4. The van der Waals surface area contributed by atoms with Crippen LogP contribution in [0.25, 0.3) is 10.8 Å². The average molecular weight is 364 g/mol. The van der Waals surface area contributed by atoms with Gasteiger partial charge in [-0.1, -0.05) is 18.2 Å². The van der Waals surface area contributed by atoms with Crippen LogP contribution in [-0.4, -0.2) is 23.7 Å². The summed E-state index contributed by atoms with van der Waals surface area (Å²) >= 11 is 0. The van der Waals surface area contributed by atoms with Crippen molar-refractivity contribution in [2.75, 3.05) is 17.2 Å². The van der Waals surface area contributed by atoms with Gasteiger partial charge in [0.05, 0.1) is 12.2 Å². The highest BCUT2D eigenvalue weighted by atomic mass is 16.5. The molecule has 3 aromatic carbocycles. The number of amides is 2. The van der Waals surface area contributed by atoms with E-state index in [0.29, 0.717) is 22.3 Å². The van der Waals surface area contributed by atoms with Gasteiger partial charge in [0, 0.05) is 16.8 Å². The number of ether oxygens (including phenoxy) is 1. The molecule has 6 nitrogen and oxygen atoms in total. The number of carbonyl (C=O) groups excluding carboxylic acids is 2. The fraction of sp³-hybridized carbons (Fsp3) is 0.143. The molecule has 27 heavy (non-hydrogen) atoms. The monoisotopic (exact) mass is 364 g/mol. The van der Waals surface area contributed by atoms with Crippen molar-refractivity contribution >= 4 is 34.1 Å². The molecule has 0 heterocycles. The summed E-state index contributed by atoms with van der Waals surface area (Å²) in [4.78, 5) is 24.0. The van der Waals surface area contributed by atoms with Gasteiger partial charge in [-0.15, -0.1) is 0 Å². The standard InChI is InChI=1S/C21H20N2O4/c1-3-27-20(25)15-5-4-6-16(11-15)22-21(26)23-17-8-7-14-9-13(2)10-19(24)18(14)12-17/h4-12,24H,3H2,1-2H3,(H2,22,23,26). The van der Waals surface area contributed by atoms with E-state index in [2.05, 4.69) is 10.6 Å². The number of anilines is 2. The Morgan fingerprint density at radius 3 is 2.48 bits per heavy atom. The van der Waals surface area contributed by atoms with Crippen LogP contribution in [0.4, 0.5) is 16.2 Å². The number of carbonyl (C=O) groups is 2. The van der Waals surface area contributed by atoms with E-state index in [1.54, 1.807) is 49.4 Å². The quantitative estimate of drug-likeness (QED) is 0.587. The van der Waals surface area contributed by atoms with Crippen LogP contribution in [0.3, 0.4) is 0 Å². The number of urea groups is 1. The maximum Gasteiger partial charge on any atom is 0.338 e. The van der Waals surface area contributed by atoms with Gasteiger partial charge in [0.15, 0.2) is 0 Å². The number of nitrogens with one attached hydrogen (secondary N) is 2. The molecule has 0 aliphatic carbocycles. The van der Waals surface area contributed by atoms with Crippen LogP contribution in [-0.2, 0) is 4.74 Å². The Morgan fingerprint density at radius 2 is 1.74 bits per heavy atom. The van der Waals surface area contributed by atoms with E-state index in [1.165, 1.54) is 0 Å². The number of hydrogen-bond donors (Lipinski definition) is 3. The van der Waals surface area contributed by atoms with Crippen molar-refractivity contribution in [3.8, 4) is 5.75 Å². The van der Waals surface area contributed by atoms with Crippen LogP contribution in [0.5, 0.6) is 5.75 Å². The first kappa shape index (κ1) is 18.3. The van der Waals surface area contributed by atoms with Gasteiger partial charge in [-0.3, -0.25) is 0 Å². The minimum atomic E-state index is -0.457. The predicted octanol–water partition coefficient (Wildman–Crippen LogP) is 4.67. The van der Waals surface area contributed by atoms with Crippen LogP contribution >= 0.6 is 0 Å². The zero-order valence-electron chi connectivity index (χ0n) is 15.1. The lowest BCUT2D eigenvalue weighted by atomic mass is 10.1. The molecule has 6 heteroatoms. The molecule has 0 bridgehead atoms. The van der Waals surface area contributed by atoms with Crippen molar-refractivity contribution in [3.63, 3.8) is 0 Å². The predicted molar refractivity (Wildman–Crippen MR) is 105 cm³/mol. The summed E-state index contributed by atoms with van der Waals surface area (Å²) in [7, 11) is 0. The topological polar surface area (TPSA) is 87.7 Å². The lowest BCUT2D eigenvalue weighted by molar-refractivity contribution is 0.0526. The van der Waals surface area contributed by atoms with Crippen LogP contribution in [0, 0.1) is 6.92 Å². The second kappa shape index (κ2) is 7.78. The second-order valence-corrected chi connectivity index (χ2v) is 6.10. The zero-order valence-corrected chi connectivity index (χ0v) is 15.1. The highest BCUT2D eigenvalue weighted by Crippen LogP contribution is 2.29. The third-order valence-corrected chi connectivity index (χ3v) is 3.97. The number of aromatic hydroxyl groups is 1. The lowest BCUT2D eigenvalue weighted by Crippen LogP contribution is -2.19. The Balaban J connectivity index is 1.73.